The molecule has 1 unspecified atom stereocenters. The molecule has 1 fully saturated rings. The smallest absolute Gasteiger partial charge is 0.328 e. The molecule has 1 amide bonds. The molecule has 0 saturated carbocycles. The van der Waals surface area contributed by atoms with Crippen molar-refractivity contribution in [3.8, 4) is 0 Å². The predicted octanol–water partition coefficient (Wildman–Crippen LogP) is 0.276. The molecule has 0 radical (unpaired) electrons. The Bertz CT molecular complexity index is 843. The maximum Gasteiger partial charge on any atom is 0.328 e. The van der Waals surface area contributed by atoms with Crippen molar-refractivity contribution in [1.82, 2.24) is 14.5 Å². The van der Waals surface area contributed by atoms with Gasteiger partial charge in [0.05, 0.1) is 13.2 Å². The van der Waals surface area contributed by atoms with Gasteiger partial charge in [-0.25, -0.2) is 9.18 Å². The average Bonchev–Trinajstić information content (AvgIpc) is 2.58. The fourth-order valence-electron chi connectivity index (χ4n) is 2.57. The lowest BCUT2D eigenvalue weighted by atomic mass is 10.1. The molecule has 0 bridgehead atoms. The molecule has 0 spiro atoms. The van der Waals surface area contributed by atoms with Gasteiger partial charge in [0.1, 0.15) is 18.5 Å². The Balaban J connectivity index is 1.69. The molecule has 7 nitrogen and oxygen atoms in total. The number of aromatic amines is 1. The summed E-state index contributed by atoms with van der Waals surface area (Å²) in [4.78, 5) is 38.8. The second-order valence-electron chi connectivity index (χ2n) is 5.49. The average molecular weight is 333 g/mol. The molecule has 24 heavy (non-hydrogen) atoms. The zero-order chi connectivity index (χ0) is 17.1. The molecule has 1 aliphatic heterocycles. The van der Waals surface area contributed by atoms with Crippen LogP contribution in [-0.4, -0.2) is 40.1 Å². The number of amides is 1. The fraction of sp³-hybridized carbons (Fsp3) is 0.312. The van der Waals surface area contributed by atoms with Gasteiger partial charge < -0.3 is 9.64 Å². The lowest BCUT2D eigenvalue weighted by Gasteiger charge is -2.33. The van der Waals surface area contributed by atoms with Crippen LogP contribution in [0.1, 0.15) is 11.7 Å². The number of benzene rings is 1. The van der Waals surface area contributed by atoms with Crippen molar-refractivity contribution in [3.63, 3.8) is 0 Å². The van der Waals surface area contributed by atoms with E-state index < -0.39 is 11.2 Å². The normalized spacial score (nSPS) is 17.7. The highest BCUT2D eigenvalue weighted by molar-refractivity contribution is 5.76. The van der Waals surface area contributed by atoms with Gasteiger partial charge in [-0.2, -0.15) is 0 Å². The first-order chi connectivity index (χ1) is 11.5. The summed E-state index contributed by atoms with van der Waals surface area (Å²) in [5.41, 5.74) is -0.347. The van der Waals surface area contributed by atoms with Crippen LogP contribution < -0.4 is 11.2 Å². The summed E-state index contributed by atoms with van der Waals surface area (Å²) in [6.45, 7) is 0.928. The van der Waals surface area contributed by atoms with E-state index >= 15 is 0 Å². The van der Waals surface area contributed by atoms with Crippen molar-refractivity contribution in [3.05, 3.63) is 68.7 Å². The topological polar surface area (TPSA) is 84.4 Å². The number of rotatable bonds is 3. The number of morpholine rings is 1. The van der Waals surface area contributed by atoms with Crippen LogP contribution in [0, 0.1) is 5.82 Å². The minimum Gasteiger partial charge on any atom is -0.370 e. The number of ether oxygens (including phenoxy) is 1. The zero-order valence-corrected chi connectivity index (χ0v) is 12.8. The van der Waals surface area contributed by atoms with E-state index in [4.69, 9.17) is 4.74 Å². The van der Waals surface area contributed by atoms with Crippen molar-refractivity contribution in [2.45, 2.75) is 12.6 Å². The van der Waals surface area contributed by atoms with Crippen LogP contribution in [0.25, 0.3) is 0 Å². The SMILES string of the molecule is O=C(Cn1ccc(=O)[nH]c1=O)N1CCOC(c2ccc(F)cc2)C1. The number of hydrogen-bond donors (Lipinski definition) is 1. The first kappa shape index (κ1) is 16.1. The van der Waals surface area contributed by atoms with Gasteiger partial charge in [0, 0.05) is 18.8 Å². The molecule has 126 valence electrons. The molecule has 0 aliphatic carbocycles. The Morgan fingerprint density at radius 1 is 1.25 bits per heavy atom. The molecule has 2 aromatic rings. The predicted molar refractivity (Wildman–Crippen MR) is 83.0 cm³/mol. The Labute approximate surface area is 136 Å². The van der Waals surface area contributed by atoms with Crippen molar-refractivity contribution >= 4 is 5.91 Å². The first-order valence-corrected chi connectivity index (χ1v) is 7.47. The second-order valence-corrected chi connectivity index (χ2v) is 5.49. The lowest BCUT2D eigenvalue weighted by Crippen LogP contribution is -2.45. The Hall–Kier alpha value is -2.74. The van der Waals surface area contributed by atoms with Crippen LogP contribution >= 0.6 is 0 Å². The summed E-state index contributed by atoms with van der Waals surface area (Å²) in [5.74, 6) is -0.584. The maximum atomic E-state index is 13.0. The number of halogens is 1. The standard InChI is InChI=1S/C16H16FN3O4/c17-12-3-1-11(2-4-12)13-9-19(7-8-24-13)15(22)10-20-6-5-14(21)18-16(20)23/h1-6,13H,7-10H2,(H,18,21,23). The Morgan fingerprint density at radius 2 is 2.00 bits per heavy atom. The van der Waals surface area contributed by atoms with Gasteiger partial charge in [-0.3, -0.25) is 19.1 Å². The van der Waals surface area contributed by atoms with Gasteiger partial charge in [0.15, 0.2) is 0 Å². The monoisotopic (exact) mass is 333 g/mol. The molecule has 1 N–H and O–H groups in total. The molecule has 1 aromatic heterocycles. The number of hydrogen-bond acceptors (Lipinski definition) is 4. The summed E-state index contributed by atoms with van der Waals surface area (Å²) in [5, 5.41) is 0. The molecule has 1 aromatic carbocycles. The van der Waals surface area contributed by atoms with Crippen molar-refractivity contribution < 1.29 is 13.9 Å². The van der Waals surface area contributed by atoms with E-state index in [0.29, 0.717) is 19.7 Å². The van der Waals surface area contributed by atoms with Gasteiger partial charge in [0.2, 0.25) is 5.91 Å². The Kier molecular flexibility index (Phi) is 4.57. The van der Waals surface area contributed by atoms with Gasteiger partial charge in [-0.05, 0) is 17.7 Å². The molecule has 1 atom stereocenters. The molecule has 8 heteroatoms. The van der Waals surface area contributed by atoms with Crippen molar-refractivity contribution in [2.75, 3.05) is 19.7 Å². The number of nitrogens with zero attached hydrogens (tertiary/aromatic N) is 2. The summed E-state index contributed by atoms with van der Waals surface area (Å²) >= 11 is 0. The summed E-state index contributed by atoms with van der Waals surface area (Å²) in [6, 6.07) is 7.13. The van der Waals surface area contributed by atoms with E-state index in [2.05, 4.69) is 4.98 Å². The number of aromatic nitrogens is 2. The highest BCUT2D eigenvalue weighted by Gasteiger charge is 2.25. The van der Waals surface area contributed by atoms with Crippen molar-refractivity contribution in [1.29, 1.82) is 0 Å². The third kappa shape index (κ3) is 3.60. The molecule has 3 rings (SSSR count). The van der Waals surface area contributed by atoms with Crippen LogP contribution in [0.3, 0.4) is 0 Å². The number of carbonyl (C=O) groups excluding carboxylic acids is 1. The lowest BCUT2D eigenvalue weighted by molar-refractivity contribution is -0.139. The van der Waals surface area contributed by atoms with Gasteiger partial charge in [-0.15, -0.1) is 0 Å². The minimum atomic E-state index is -0.626. The summed E-state index contributed by atoms with van der Waals surface area (Å²) in [6.07, 6.45) is 0.951. The van der Waals surface area contributed by atoms with E-state index in [9.17, 15) is 18.8 Å². The summed E-state index contributed by atoms with van der Waals surface area (Å²) in [7, 11) is 0. The number of H-pyrrole nitrogens is 1. The highest BCUT2D eigenvalue weighted by Crippen LogP contribution is 2.22. The van der Waals surface area contributed by atoms with Crippen molar-refractivity contribution in [2.24, 2.45) is 0 Å². The van der Waals surface area contributed by atoms with Crippen LogP contribution in [0.2, 0.25) is 0 Å². The third-order valence-electron chi connectivity index (χ3n) is 3.86. The van der Waals surface area contributed by atoms with Crippen LogP contribution in [-0.2, 0) is 16.1 Å². The third-order valence-corrected chi connectivity index (χ3v) is 3.86. The number of nitrogens with one attached hydrogen (secondary N) is 1. The molecule has 1 saturated heterocycles. The Morgan fingerprint density at radius 3 is 2.71 bits per heavy atom. The number of carbonyl (C=O) groups is 1. The zero-order valence-electron chi connectivity index (χ0n) is 12.8. The quantitative estimate of drug-likeness (QED) is 0.874. The van der Waals surface area contributed by atoms with Gasteiger partial charge in [0.25, 0.3) is 5.56 Å². The largest absolute Gasteiger partial charge is 0.370 e. The van der Waals surface area contributed by atoms with E-state index in [0.717, 1.165) is 10.1 Å². The highest BCUT2D eigenvalue weighted by atomic mass is 19.1. The van der Waals surface area contributed by atoms with E-state index in [-0.39, 0.29) is 24.4 Å². The molecular formula is C16H16FN3O4. The minimum absolute atomic E-state index is 0.161. The van der Waals surface area contributed by atoms with E-state index in [1.54, 1.807) is 17.0 Å². The fourth-order valence-corrected chi connectivity index (χ4v) is 2.57. The van der Waals surface area contributed by atoms with Crippen LogP contribution in [0.4, 0.5) is 4.39 Å². The van der Waals surface area contributed by atoms with Crippen LogP contribution in [0.15, 0.2) is 46.1 Å². The van der Waals surface area contributed by atoms with Gasteiger partial charge in [-0.1, -0.05) is 12.1 Å². The molecule has 1 aliphatic rings. The maximum absolute atomic E-state index is 13.0. The second kappa shape index (κ2) is 6.79. The summed E-state index contributed by atoms with van der Waals surface area (Å²) < 4.78 is 19.8. The first-order valence-electron chi connectivity index (χ1n) is 7.47. The van der Waals surface area contributed by atoms with E-state index in [1.807, 2.05) is 0 Å². The molecular weight excluding hydrogens is 317 g/mol. The van der Waals surface area contributed by atoms with E-state index in [1.165, 1.54) is 24.4 Å². The van der Waals surface area contributed by atoms with Gasteiger partial charge >= 0.3 is 5.69 Å². The molecule has 2 heterocycles. The van der Waals surface area contributed by atoms with Crippen LogP contribution in [0.5, 0.6) is 0 Å².